The molecule has 1 aromatic carbocycles. The number of fused-ring (bicyclic) bond motifs is 1. The lowest BCUT2D eigenvalue weighted by molar-refractivity contribution is -0.132. The molecule has 0 aromatic heterocycles. The molecule has 0 bridgehead atoms. The molecule has 3 atom stereocenters. The van der Waals surface area contributed by atoms with E-state index in [1.165, 1.54) is 5.56 Å². The minimum Gasteiger partial charge on any atom is -0.381 e. The highest BCUT2D eigenvalue weighted by Gasteiger charge is 2.47. The second-order valence-electron chi connectivity index (χ2n) is 7.78. The van der Waals surface area contributed by atoms with Gasteiger partial charge in [-0.3, -0.25) is 9.69 Å². The first-order valence-corrected chi connectivity index (χ1v) is 9.33. The van der Waals surface area contributed by atoms with Gasteiger partial charge in [-0.25, -0.2) is 0 Å². The summed E-state index contributed by atoms with van der Waals surface area (Å²) >= 11 is 0. The lowest BCUT2D eigenvalue weighted by atomic mass is 9.90. The molecular formula is C20H28N2O2. The van der Waals surface area contributed by atoms with Crippen molar-refractivity contribution >= 4 is 5.91 Å². The van der Waals surface area contributed by atoms with Gasteiger partial charge in [-0.2, -0.15) is 0 Å². The first-order chi connectivity index (χ1) is 11.7. The van der Waals surface area contributed by atoms with Gasteiger partial charge in [-0.05, 0) is 37.3 Å². The van der Waals surface area contributed by atoms with Crippen molar-refractivity contribution in [2.24, 2.45) is 17.8 Å². The second-order valence-corrected chi connectivity index (χ2v) is 7.78. The minimum absolute atomic E-state index is 0.366. The van der Waals surface area contributed by atoms with Crippen LogP contribution in [0.1, 0.15) is 30.9 Å². The number of hydrogen-bond donors (Lipinski definition) is 0. The van der Waals surface area contributed by atoms with Crippen LogP contribution in [0, 0.1) is 17.8 Å². The zero-order valence-corrected chi connectivity index (χ0v) is 14.6. The van der Waals surface area contributed by atoms with Gasteiger partial charge in [-0.15, -0.1) is 0 Å². The smallest absolute Gasteiger partial charge is 0.222 e. The Labute approximate surface area is 144 Å². The fourth-order valence-electron chi connectivity index (χ4n) is 4.94. The summed E-state index contributed by atoms with van der Waals surface area (Å²) in [6.07, 6.45) is 2.80. The van der Waals surface area contributed by atoms with E-state index in [1.807, 2.05) is 0 Å². The lowest BCUT2D eigenvalue weighted by Gasteiger charge is -2.28. The van der Waals surface area contributed by atoms with Crippen molar-refractivity contribution < 1.29 is 9.53 Å². The molecule has 3 saturated heterocycles. The van der Waals surface area contributed by atoms with Gasteiger partial charge >= 0.3 is 0 Å². The van der Waals surface area contributed by atoms with Gasteiger partial charge < -0.3 is 9.64 Å². The van der Waals surface area contributed by atoms with E-state index >= 15 is 0 Å². The van der Waals surface area contributed by atoms with Gasteiger partial charge in [0.25, 0.3) is 0 Å². The summed E-state index contributed by atoms with van der Waals surface area (Å²) < 4.78 is 5.41. The number of nitrogens with zero attached hydrogens (tertiary/aromatic N) is 2. The summed E-state index contributed by atoms with van der Waals surface area (Å²) in [6.45, 7) is 4.62. The predicted molar refractivity (Wildman–Crippen MR) is 93.5 cm³/mol. The second kappa shape index (κ2) is 6.85. The van der Waals surface area contributed by atoms with E-state index in [2.05, 4.69) is 47.2 Å². The first-order valence-electron chi connectivity index (χ1n) is 9.33. The third-order valence-electron chi connectivity index (χ3n) is 6.19. The highest BCUT2D eigenvalue weighted by molar-refractivity contribution is 5.76. The Hall–Kier alpha value is -1.39. The average Bonchev–Trinajstić information content (AvgIpc) is 3.13. The number of hydrogen-bond acceptors (Lipinski definition) is 3. The number of rotatable bonds is 3. The monoisotopic (exact) mass is 328 g/mol. The summed E-state index contributed by atoms with van der Waals surface area (Å²) in [4.78, 5) is 17.4. The van der Waals surface area contributed by atoms with Crippen molar-refractivity contribution in [3.63, 3.8) is 0 Å². The van der Waals surface area contributed by atoms with Crippen LogP contribution in [0.25, 0.3) is 0 Å². The van der Waals surface area contributed by atoms with E-state index in [-0.39, 0.29) is 0 Å². The molecule has 3 aliphatic rings. The van der Waals surface area contributed by atoms with Crippen LogP contribution in [0.5, 0.6) is 0 Å². The summed E-state index contributed by atoms with van der Waals surface area (Å²) in [5, 5.41) is 0. The molecule has 1 amide bonds. The maximum atomic E-state index is 12.7. The van der Waals surface area contributed by atoms with E-state index in [9.17, 15) is 4.79 Å². The number of ether oxygens (including phenoxy) is 1. The number of amides is 1. The number of carbonyl (C=O) groups excluding carboxylic acids is 1. The first kappa shape index (κ1) is 16.1. The Morgan fingerprint density at radius 3 is 2.62 bits per heavy atom. The van der Waals surface area contributed by atoms with Crippen LogP contribution in [0.2, 0.25) is 0 Å². The van der Waals surface area contributed by atoms with Crippen LogP contribution in [0.4, 0.5) is 0 Å². The molecule has 3 aliphatic heterocycles. The normalized spacial score (nSPS) is 31.4. The topological polar surface area (TPSA) is 32.8 Å². The Morgan fingerprint density at radius 1 is 1.12 bits per heavy atom. The van der Waals surface area contributed by atoms with Crippen LogP contribution in [0.3, 0.4) is 0 Å². The SMILES string of the molecule is CN1C[C@H]2CN(C(=O)CC3CCOCC3)C[C@H]2[C@@H]1c1ccccc1. The van der Waals surface area contributed by atoms with Crippen LogP contribution >= 0.6 is 0 Å². The molecule has 0 radical (unpaired) electrons. The molecule has 1 aromatic rings. The average molecular weight is 328 g/mol. The van der Waals surface area contributed by atoms with Gasteiger partial charge in [0.2, 0.25) is 5.91 Å². The molecular weight excluding hydrogens is 300 g/mol. The standard InChI is InChI=1S/C20H28N2O2/c1-21-12-17-13-22(19(23)11-15-7-9-24-10-8-15)14-18(17)20(21)16-5-3-2-4-6-16/h2-6,15,17-18,20H,7-14H2,1H3/t17-,18+,20-/m0/s1. The van der Waals surface area contributed by atoms with Crippen LogP contribution < -0.4 is 0 Å². The Balaban J connectivity index is 1.41. The number of benzene rings is 1. The largest absolute Gasteiger partial charge is 0.381 e. The van der Waals surface area contributed by atoms with Crippen molar-refractivity contribution in [2.75, 3.05) is 39.9 Å². The quantitative estimate of drug-likeness (QED) is 0.855. The van der Waals surface area contributed by atoms with E-state index in [0.717, 1.165) is 45.7 Å². The molecule has 4 heteroatoms. The third-order valence-corrected chi connectivity index (χ3v) is 6.19. The lowest BCUT2D eigenvalue weighted by Crippen LogP contribution is -2.35. The molecule has 4 rings (SSSR count). The van der Waals surface area contributed by atoms with Gasteiger partial charge in [0.15, 0.2) is 0 Å². The molecule has 4 nitrogen and oxygen atoms in total. The maximum absolute atomic E-state index is 12.7. The van der Waals surface area contributed by atoms with Crippen LogP contribution in [-0.4, -0.2) is 55.6 Å². The Bertz CT molecular complexity index is 570. The van der Waals surface area contributed by atoms with Gasteiger partial charge in [-0.1, -0.05) is 30.3 Å². The molecule has 0 aliphatic carbocycles. The number of likely N-dealkylation sites (tertiary alicyclic amines) is 2. The molecule has 0 unspecified atom stereocenters. The molecule has 3 fully saturated rings. The van der Waals surface area contributed by atoms with E-state index in [0.29, 0.717) is 36.1 Å². The summed E-state index contributed by atoms with van der Waals surface area (Å²) in [6, 6.07) is 11.2. The summed E-state index contributed by atoms with van der Waals surface area (Å²) in [7, 11) is 2.23. The van der Waals surface area contributed by atoms with Gasteiger partial charge in [0.1, 0.15) is 0 Å². The highest BCUT2D eigenvalue weighted by Crippen LogP contribution is 2.44. The fraction of sp³-hybridized carbons (Fsp3) is 0.650. The third kappa shape index (κ3) is 3.09. The van der Waals surface area contributed by atoms with Gasteiger partial charge in [0, 0.05) is 51.2 Å². The Kier molecular flexibility index (Phi) is 4.59. The fourth-order valence-corrected chi connectivity index (χ4v) is 4.94. The van der Waals surface area contributed by atoms with Crippen molar-refractivity contribution in [3.05, 3.63) is 35.9 Å². The zero-order valence-electron chi connectivity index (χ0n) is 14.6. The van der Waals surface area contributed by atoms with E-state index in [1.54, 1.807) is 0 Å². The van der Waals surface area contributed by atoms with Gasteiger partial charge in [0.05, 0.1) is 0 Å². The molecule has 0 saturated carbocycles. The zero-order chi connectivity index (χ0) is 16.5. The summed E-state index contributed by atoms with van der Waals surface area (Å²) in [5.74, 6) is 2.10. The van der Waals surface area contributed by atoms with Crippen LogP contribution in [0.15, 0.2) is 30.3 Å². The Morgan fingerprint density at radius 2 is 1.88 bits per heavy atom. The predicted octanol–water partition coefficient (Wildman–Crippen LogP) is 2.56. The molecule has 0 N–H and O–H groups in total. The summed E-state index contributed by atoms with van der Waals surface area (Å²) in [5.41, 5.74) is 1.39. The molecule has 0 spiro atoms. The van der Waals surface area contributed by atoms with Crippen molar-refractivity contribution in [1.29, 1.82) is 0 Å². The molecule has 24 heavy (non-hydrogen) atoms. The van der Waals surface area contributed by atoms with Crippen molar-refractivity contribution in [1.82, 2.24) is 9.80 Å². The highest BCUT2D eigenvalue weighted by atomic mass is 16.5. The van der Waals surface area contributed by atoms with E-state index in [4.69, 9.17) is 4.74 Å². The maximum Gasteiger partial charge on any atom is 0.222 e. The van der Waals surface area contributed by atoms with Crippen molar-refractivity contribution in [3.8, 4) is 0 Å². The van der Waals surface area contributed by atoms with Crippen molar-refractivity contribution in [2.45, 2.75) is 25.3 Å². The molecule has 3 heterocycles. The molecule has 130 valence electrons. The van der Waals surface area contributed by atoms with E-state index < -0.39 is 0 Å². The van der Waals surface area contributed by atoms with Crippen LogP contribution in [-0.2, 0) is 9.53 Å². The minimum atomic E-state index is 0.366. The number of carbonyl (C=O) groups is 1.